The summed E-state index contributed by atoms with van der Waals surface area (Å²) in [5.74, 6) is -0.138. The molecule has 94 valence electrons. The maximum atomic E-state index is 11.7. The molecule has 0 bridgehead atoms. The second-order valence-electron chi connectivity index (χ2n) is 3.49. The van der Waals surface area contributed by atoms with Gasteiger partial charge in [-0.1, -0.05) is 43.3 Å². The van der Waals surface area contributed by atoms with Crippen LogP contribution in [0.5, 0.6) is 0 Å². The Labute approximate surface area is 110 Å². The van der Waals surface area contributed by atoms with Crippen molar-refractivity contribution in [2.45, 2.75) is 13.3 Å². The molecule has 4 heteroatoms. The van der Waals surface area contributed by atoms with Gasteiger partial charge in [0.1, 0.15) is 0 Å². The lowest BCUT2D eigenvalue weighted by atomic mass is 10.1. The summed E-state index contributed by atoms with van der Waals surface area (Å²) < 4.78 is 0. The molecule has 1 heterocycles. The molecule has 0 aliphatic carbocycles. The molecule has 3 nitrogen and oxygen atoms in total. The van der Waals surface area contributed by atoms with Gasteiger partial charge in [-0.3, -0.25) is 9.59 Å². The van der Waals surface area contributed by atoms with Gasteiger partial charge in [-0.2, -0.15) is 0 Å². The third-order valence-corrected chi connectivity index (χ3v) is 3.00. The van der Waals surface area contributed by atoms with Crippen LogP contribution < -0.4 is 5.73 Å². The van der Waals surface area contributed by atoms with E-state index in [0.29, 0.717) is 6.42 Å². The van der Waals surface area contributed by atoms with Crippen LogP contribution in [0.2, 0.25) is 0 Å². The maximum Gasteiger partial charge on any atom is 0.217 e. The van der Waals surface area contributed by atoms with Crippen LogP contribution in [0.3, 0.4) is 0 Å². The molecule has 0 atom stereocenters. The van der Waals surface area contributed by atoms with Crippen LogP contribution in [0.4, 0.5) is 0 Å². The predicted molar refractivity (Wildman–Crippen MR) is 73.7 cm³/mol. The number of rotatable bonds is 3. The zero-order chi connectivity index (χ0) is 13.4. The second kappa shape index (κ2) is 7.40. The summed E-state index contributed by atoms with van der Waals surface area (Å²) in [6.07, 6.45) is 0.444. The standard InChI is InChI=1S/C11H8OS.C3H7NO/c12-11(10-7-4-8-13-10)9-5-2-1-3-6-9;1-2-3(4)5/h1-8H;2H2,1H3,(H2,4,5). The van der Waals surface area contributed by atoms with Crippen molar-refractivity contribution in [3.63, 3.8) is 0 Å². The number of amides is 1. The molecule has 0 saturated heterocycles. The van der Waals surface area contributed by atoms with Crippen LogP contribution in [0.15, 0.2) is 47.8 Å². The minimum atomic E-state index is -0.245. The van der Waals surface area contributed by atoms with E-state index in [9.17, 15) is 9.59 Å². The molecule has 0 radical (unpaired) electrons. The monoisotopic (exact) mass is 261 g/mol. The summed E-state index contributed by atoms with van der Waals surface area (Å²) in [5, 5.41) is 1.91. The number of primary amides is 1. The van der Waals surface area contributed by atoms with Crippen LogP contribution in [0, 0.1) is 0 Å². The fourth-order valence-electron chi connectivity index (χ4n) is 1.14. The Morgan fingerprint density at radius 2 is 1.72 bits per heavy atom. The van der Waals surface area contributed by atoms with Crippen molar-refractivity contribution in [1.29, 1.82) is 0 Å². The first-order valence-electron chi connectivity index (χ1n) is 5.56. The van der Waals surface area contributed by atoms with E-state index in [2.05, 4.69) is 5.73 Å². The Hall–Kier alpha value is -1.94. The van der Waals surface area contributed by atoms with Gasteiger partial charge in [-0.05, 0) is 11.4 Å². The summed E-state index contributed by atoms with van der Waals surface area (Å²) in [6.45, 7) is 1.72. The third kappa shape index (κ3) is 4.51. The highest BCUT2D eigenvalue weighted by atomic mass is 32.1. The van der Waals surface area contributed by atoms with Crippen molar-refractivity contribution in [3.05, 3.63) is 58.3 Å². The topological polar surface area (TPSA) is 60.2 Å². The quantitative estimate of drug-likeness (QED) is 0.864. The number of hydrogen-bond donors (Lipinski definition) is 1. The van der Waals surface area contributed by atoms with Gasteiger partial charge >= 0.3 is 0 Å². The molecule has 1 amide bonds. The van der Waals surface area contributed by atoms with E-state index in [1.807, 2.05) is 47.8 Å². The maximum absolute atomic E-state index is 11.7. The Bertz CT molecular complexity index is 492. The van der Waals surface area contributed by atoms with Crippen molar-refractivity contribution < 1.29 is 9.59 Å². The third-order valence-electron chi connectivity index (χ3n) is 2.13. The Balaban J connectivity index is 0.000000280. The molecule has 1 aromatic heterocycles. The van der Waals surface area contributed by atoms with Gasteiger partial charge in [-0.25, -0.2) is 0 Å². The average molecular weight is 261 g/mol. The van der Waals surface area contributed by atoms with E-state index in [-0.39, 0.29) is 11.7 Å². The number of thiophene rings is 1. The smallest absolute Gasteiger partial charge is 0.217 e. The molecular formula is C14H15NO2S. The van der Waals surface area contributed by atoms with E-state index in [1.165, 1.54) is 11.3 Å². The fraction of sp³-hybridized carbons (Fsp3) is 0.143. The van der Waals surface area contributed by atoms with Crippen molar-refractivity contribution in [3.8, 4) is 0 Å². The van der Waals surface area contributed by atoms with Crippen LogP contribution >= 0.6 is 11.3 Å². The molecule has 0 unspecified atom stereocenters. The predicted octanol–water partition coefficient (Wildman–Crippen LogP) is 2.86. The van der Waals surface area contributed by atoms with Gasteiger partial charge in [0.25, 0.3) is 0 Å². The van der Waals surface area contributed by atoms with Crippen LogP contribution in [0.1, 0.15) is 28.6 Å². The molecule has 1 aromatic carbocycles. The first-order valence-corrected chi connectivity index (χ1v) is 6.44. The van der Waals surface area contributed by atoms with Crippen molar-refractivity contribution in [1.82, 2.24) is 0 Å². The minimum Gasteiger partial charge on any atom is -0.370 e. The van der Waals surface area contributed by atoms with Gasteiger partial charge in [0.2, 0.25) is 11.7 Å². The Morgan fingerprint density at radius 3 is 2.17 bits per heavy atom. The molecule has 0 saturated carbocycles. The van der Waals surface area contributed by atoms with Crippen molar-refractivity contribution in [2.75, 3.05) is 0 Å². The van der Waals surface area contributed by atoms with Gasteiger partial charge in [-0.15, -0.1) is 11.3 Å². The number of benzene rings is 1. The number of carbonyl (C=O) groups excluding carboxylic acids is 2. The highest BCUT2D eigenvalue weighted by molar-refractivity contribution is 7.12. The number of hydrogen-bond acceptors (Lipinski definition) is 3. The second-order valence-corrected chi connectivity index (χ2v) is 4.44. The van der Waals surface area contributed by atoms with Gasteiger partial charge in [0.05, 0.1) is 4.88 Å². The summed E-state index contributed by atoms with van der Waals surface area (Å²) in [7, 11) is 0. The molecule has 0 aliphatic heterocycles. The van der Waals surface area contributed by atoms with Gasteiger partial charge in [0, 0.05) is 12.0 Å². The lowest BCUT2D eigenvalue weighted by Crippen LogP contribution is -2.06. The fourth-order valence-corrected chi connectivity index (χ4v) is 1.83. The molecule has 2 rings (SSSR count). The Morgan fingerprint density at radius 1 is 1.11 bits per heavy atom. The van der Waals surface area contributed by atoms with Crippen molar-refractivity contribution in [2.24, 2.45) is 5.73 Å². The zero-order valence-electron chi connectivity index (χ0n) is 10.1. The summed E-state index contributed by atoms with van der Waals surface area (Å²) >= 11 is 1.48. The first-order chi connectivity index (χ1) is 8.65. The number of ketones is 1. The SMILES string of the molecule is CCC(N)=O.O=C(c1ccccc1)c1cccs1. The minimum absolute atomic E-state index is 0.107. The van der Waals surface area contributed by atoms with Crippen LogP contribution in [-0.2, 0) is 4.79 Å². The zero-order valence-corrected chi connectivity index (χ0v) is 10.9. The molecule has 2 aromatic rings. The molecule has 0 spiro atoms. The lowest BCUT2D eigenvalue weighted by molar-refractivity contribution is -0.117. The van der Waals surface area contributed by atoms with E-state index >= 15 is 0 Å². The Kier molecular flexibility index (Phi) is 5.80. The molecule has 0 fully saturated rings. The molecule has 2 N–H and O–H groups in total. The van der Waals surface area contributed by atoms with E-state index in [4.69, 9.17) is 0 Å². The summed E-state index contributed by atoms with van der Waals surface area (Å²) in [5.41, 5.74) is 5.41. The number of nitrogens with two attached hydrogens (primary N) is 1. The molecule has 18 heavy (non-hydrogen) atoms. The summed E-state index contributed by atoms with van der Waals surface area (Å²) in [6, 6.07) is 13.1. The van der Waals surface area contributed by atoms with E-state index < -0.39 is 0 Å². The summed E-state index contributed by atoms with van der Waals surface area (Å²) in [4.78, 5) is 22.1. The first kappa shape index (κ1) is 14.1. The van der Waals surface area contributed by atoms with Gasteiger partial charge < -0.3 is 5.73 Å². The molecular weight excluding hydrogens is 246 g/mol. The normalized spacial score (nSPS) is 9.17. The molecule has 0 aliphatic rings. The highest BCUT2D eigenvalue weighted by Crippen LogP contribution is 2.14. The lowest BCUT2D eigenvalue weighted by Gasteiger charge is -1.95. The van der Waals surface area contributed by atoms with Crippen molar-refractivity contribution >= 4 is 23.0 Å². The average Bonchev–Trinajstić information content (AvgIpc) is 2.93. The number of carbonyl (C=O) groups is 2. The van der Waals surface area contributed by atoms with Crippen LogP contribution in [0.25, 0.3) is 0 Å². The highest BCUT2D eigenvalue weighted by Gasteiger charge is 2.07. The van der Waals surface area contributed by atoms with Crippen LogP contribution in [-0.4, -0.2) is 11.7 Å². The van der Waals surface area contributed by atoms with E-state index in [1.54, 1.807) is 6.92 Å². The van der Waals surface area contributed by atoms with Gasteiger partial charge in [0.15, 0.2) is 0 Å². The van der Waals surface area contributed by atoms with E-state index in [0.717, 1.165) is 10.4 Å². The largest absolute Gasteiger partial charge is 0.370 e.